The highest BCUT2D eigenvalue weighted by molar-refractivity contribution is 5.95. The van der Waals surface area contributed by atoms with E-state index in [0.717, 1.165) is 53.9 Å². The van der Waals surface area contributed by atoms with Crippen molar-refractivity contribution >= 4 is 18.3 Å². The molecule has 2 fully saturated rings. The molecule has 1 saturated carbocycles. The third-order valence-corrected chi connectivity index (χ3v) is 6.01. The Labute approximate surface area is 172 Å². The van der Waals surface area contributed by atoms with E-state index in [1.165, 1.54) is 0 Å². The van der Waals surface area contributed by atoms with Crippen molar-refractivity contribution in [1.82, 2.24) is 9.88 Å². The topological polar surface area (TPSA) is 68.5 Å². The summed E-state index contributed by atoms with van der Waals surface area (Å²) < 4.78 is 6.01. The molecule has 1 aromatic heterocycles. The molecule has 2 aromatic rings. The van der Waals surface area contributed by atoms with Crippen molar-refractivity contribution < 1.29 is 9.53 Å². The van der Waals surface area contributed by atoms with E-state index >= 15 is 0 Å². The molecular formula is C22H28ClN3O2. The molecule has 1 saturated heterocycles. The van der Waals surface area contributed by atoms with Crippen LogP contribution in [-0.4, -0.2) is 34.9 Å². The van der Waals surface area contributed by atoms with E-state index in [9.17, 15) is 4.79 Å². The van der Waals surface area contributed by atoms with E-state index < -0.39 is 0 Å². The van der Waals surface area contributed by atoms with E-state index in [1.807, 2.05) is 43.0 Å². The maximum absolute atomic E-state index is 13.0. The van der Waals surface area contributed by atoms with Crippen molar-refractivity contribution in [3.05, 3.63) is 58.9 Å². The number of benzene rings is 1. The van der Waals surface area contributed by atoms with Crippen molar-refractivity contribution in [1.29, 1.82) is 0 Å². The van der Waals surface area contributed by atoms with Gasteiger partial charge in [0.2, 0.25) is 0 Å². The summed E-state index contributed by atoms with van der Waals surface area (Å²) in [6, 6.07) is 8.03. The molecule has 0 spiro atoms. The van der Waals surface area contributed by atoms with Crippen molar-refractivity contribution in [3.8, 4) is 5.75 Å². The van der Waals surface area contributed by atoms with E-state index in [4.69, 9.17) is 10.5 Å². The summed E-state index contributed by atoms with van der Waals surface area (Å²) in [6.45, 7) is 6.10. The fraction of sp³-hybridized carbons (Fsp3) is 0.455. The maximum atomic E-state index is 13.0. The normalized spacial score (nSPS) is 23.2. The van der Waals surface area contributed by atoms with Gasteiger partial charge in [0.1, 0.15) is 12.4 Å². The molecule has 150 valence electrons. The van der Waals surface area contributed by atoms with Crippen LogP contribution >= 0.6 is 12.4 Å². The first-order valence-electron chi connectivity index (χ1n) is 9.70. The highest BCUT2D eigenvalue weighted by Crippen LogP contribution is 2.38. The van der Waals surface area contributed by atoms with Crippen LogP contribution in [0.2, 0.25) is 0 Å². The van der Waals surface area contributed by atoms with Gasteiger partial charge in [0, 0.05) is 42.7 Å². The molecule has 3 atom stereocenters. The number of nitrogens with zero attached hydrogens (tertiary/aromatic N) is 2. The van der Waals surface area contributed by atoms with Crippen molar-refractivity contribution in [2.75, 3.05) is 13.1 Å². The quantitative estimate of drug-likeness (QED) is 0.851. The van der Waals surface area contributed by atoms with Crippen LogP contribution in [0.25, 0.3) is 0 Å². The van der Waals surface area contributed by atoms with Crippen LogP contribution in [0.4, 0.5) is 0 Å². The molecule has 2 N–H and O–H groups in total. The molecule has 28 heavy (non-hydrogen) atoms. The van der Waals surface area contributed by atoms with Crippen LogP contribution in [-0.2, 0) is 6.61 Å². The molecule has 5 nitrogen and oxygen atoms in total. The highest BCUT2D eigenvalue weighted by Gasteiger charge is 2.42. The summed E-state index contributed by atoms with van der Waals surface area (Å²) in [4.78, 5) is 19.1. The Morgan fingerprint density at radius 1 is 1.25 bits per heavy atom. The average molecular weight is 402 g/mol. The fourth-order valence-electron chi connectivity index (χ4n) is 4.60. The van der Waals surface area contributed by atoms with Crippen LogP contribution < -0.4 is 10.5 Å². The first kappa shape index (κ1) is 20.6. The van der Waals surface area contributed by atoms with Crippen molar-refractivity contribution in [2.45, 2.75) is 39.3 Å². The van der Waals surface area contributed by atoms with E-state index in [2.05, 4.69) is 4.98 Å². The minimum atomic E-state index is 0. The van der Waals surface area contributed by atoms with Gasteiger partial charge in [-0.15, -0.1) is 12.4 Å². The van der Waals surface area contributed by atoms with Gasteiger partial charge in [-0.3, -0.25) is 9.78 Å². The van der Waals surface area contributed by atoms with Gasteiger partial charge in [-0.2, -0.15) is 0 Å². The predicted molar refractivity (Wildman–Crippen MR) is 112 cm³/mol. The van der Waals surface area contributed by atoms with Crippen LogP contribution in [0.15, 0.2) is 36.7 Å². The number of likely N-dealkylation sites (tertiary alicyclic amines) is 1. The van der Waals surface area contributed by atoms with E-state index in [1.54, 1.807) is 12.4 Å². The van der Waals surface area contributed by atoms with Crippen LogP contribution in [0.1, 0.15) is 39.9 Å². The lowest BCUT2D eigenvalue weighted by Crippen LogP contribution is -2.33. The molecule has 1 aliphatic carbocycles. The van der Waals surface area contributed by atoms with E-state index in [0.29, 0.717) is 18.4 Å². The van der Waals surface area contributed by atoms with Gasteiger partial charge in [0.05, 0.1) is 0 Å². The summed E-state index contributed by atoms with van der Waals surface area (Å²) in [6.07, 6.45) is 5.80. The zero-order valence-electron chi connectivity index (χ0n) is 16.4. The molecular weight excluding hydrogens is 374 g/mol. The zero-order chi connectivity index (χ0) is 19.0. The lowest BCUT2D eigenvalue weighted by Gasteiger charge is -2.20. The second-order valence-corrected chi connectivity index (χ2v) is 7.96. The summed E-state index contributed by atoms with van der Waals surface area (Å²) >= 11 is 0. The monoisotopic (exact) mass is 401 g/mol. The van der Waals surface area contributed by atoms with Crippen LogP contribution in [0.5, 0.6) is 5.75 Å². The fourth-order valence-corrected chi connectivity index (χ4v) is 4.60. The van der Waals surface area contributed by atoms with Gasteiger partial charge in [-0.1, -0.05) is 6.07 Å². The minimum absolute atomic E-state index is 0. The Hall–Kier alpha value is -2.11. The van der Waals surface area contributed by atoms with Gasteiger partial charge in [-0.05, 0) is 67.9 Å². The number of amides is 1. The first-order chi connectivity index (χ1) is 13.0. The Morgan fingerprint density at radius 3 is 2.64 bits per heavy atom. The lowest BCUT2D eigenvalue weighted by molar-refractivity contribution is 0.0779. The van der Waals surface area contributed by atoms with Crippen LogP contribution in [0.3, 0.4) is 0 Å². The number of pyridine rings is 1. The average Bonchev–Trinajstić information content (AvgIpc) is 3.23. The number of aryl methyl sites for hydroxylation is 2. The number of halogens is 1. The van der Waals surface area contributed by atoms with Gasteiger partial charge in [0.25, 0.3) is 5.91 Å². The number of rotatable bonds is 4. The summed E-state index contributed by atoms with van der Waals surface area (Å²) in [5, 5.41) is 0. The number of carbonyl (C=O) groups is 1. The Morgan fingerprint density at radius 2 is 2.00 bits per heavy atom. The molecule has 3 unspecified atom stereocenters. The standard InChI is InChI=1S/C22H27N3O2.ClH/c1-14-8-18(22(26)25-11-17-5-6-20(23)19(17)12-25)9-15(2)21(14)27-13-16-4-3-7-24-10-16;/h3-4,7-10,17,19-20H,5-6,11-13,23H2,1-2H3;1H. The third kappa shape index (κ3) is 4.01. The van der Waals surface area contributed by atoms with Gasteiger partial charge in [-0.25, -0.2) is 0 Å². The maximum Gasteiger partial charge on any atom is 0.253 e. The predicted octanol–water partition coefficient (Wildman–Crippen LogP) is 3.51. The highest BCUT2D eigenvalue weighted by atomic mass is 35.5. The molecule has 1 aromatic carbocycles. The number of hydrogen-bond acceptors (Lipinski definition) is 4. The number of carbonyl (C=O) groups excluding carboxylic acids is 1. The number of ether oxygens (including phenoxy) is 1. The lowest BCUT2D eigenvalue weighted by atomic mass is 9.98. The van der Waals surface area contributed by atoms with Crippen LogP contribution in [0, 0.1) is 25.7 Å². The largest absolute Gasteiger partial charge is 0.488 e. The van der Waals surface area contributed by atoms with E-state index in [-0.39, 0.29) is 24.4 Å². The smallest absolute Gasteiger partial charge is 0.253 e. The van der Waals surface area contributed by atoms with Gasteiger partial charge < -0.3 is 15.4 Å². The number of hydrogen-bond donors (Lipinski definition) is 1. The second-order valence-electron chi connectivity index (χ2n) is 7.96. The molecule has 1 amide bonds. The molecule has 0 bridgehead atoms. The summed E-state index contributed by atoms with van der Waals surface area (Å²) in [7, 11) is 0. The third-order valence-electron chi connectivity index (χ3n) is 6.01. The molecule has 2 heterocycles. The molecule has 0 radical (unpaired) electrons. The van der Waals surface area contributed by atoms with Crippen molar-refractivity contribution in [2.24, 2.45) is 17.6 Å². The first-order valence-corrected chi connectivity index (χ1v) is 9.70. The van der Waals surface area contributed by atoms with Crippen molar-refractivity contribution in [3.63, 3.8) is 0 Å². The molecule has 4 rings (SSSR count). The second kappa shape index (κ2) is 8.50. The summed E-state index contributed by atoms with van der Waals surface area (Å²) in [5.74, 6) is 2.00. The number of fused-ring (bicyclic) bond motifs is 1. The number of aromatic nitrogens is 1. The SMILES string of the molecule is Cc1cc(C(=O)N2CC3CCC(N)C3C2)cc(C)c1OCc1cccnc1.Cl. The molecule has 2 aliphatic rings. The van der Waals surface area contributed by atoms with Gasteiger partial charge >= 0.3 is 0 Å². The number of nitrogens with two attached hydrogens (primary N) is 1. The van der Waals surface area contributed by atoms with Gasteiger partial charge in [0.15, 0.2) is 0 Å². The Bertz CT molecular complexity index is 820. The Kier molecular flexibility index (Phi) is 6.26. The molecule has 6 heteroatoms. The zero-order valence-corrected chi connectivity index (χ0v) is 17.2. The molecule has 1 aliphatic heterocycles. The summed E-state index contributed by atoms with van der Waals surface area (Å²) in [5.41, 5.74) is 9.95. The Balaban J connectivity index is 0.00000225. The minimum Gasteiger partial charge on any atom is -0.488 e.